The molecule has 0 amide bonds. The van der Waals surface area contributed by atoms with Crippen LogP contribution in [0.25, 0.3) is 0 Å². The van der Waals surface area contributed by atoms with Crippen molar-refractivity contribution in [1.82, 2.24) is 10.2 Å². The van der Waals surface area contributed by atoms with Crippen LogP contribution < -0.4 is 5.32 Å². The largest absolute Gasteiger partial charge is 0.311 e. The van der Waals surface area contributed by atoms with E-state index in [9.17, 15) is 8.42 Å². The molecule has 1 saturated heterocycles. The third-order valence-electron chi connectivity index (χ3n) is 3.78. The van der Waals surface area contributed by atoms with Crippen molar-refractivity contribution < 1.29 is 8.42 Å². The molecule has 1 heterocycles. The van der Waals surface area contributed by atoms with Crippen molar-refractivity contribution in [3.63, 3.8) is 0 Å². The van der Waals surface area contributed by atoms with E-state index in [1.165, 1.54) is 6.42 Å². The lowest BCUT2D eigenvalue weighted by Gasteiger charge is -2.36. The number of nitrogens with one attached hydrogen (secondary N) is 1. The summed E-state index contributed by atoms with van der Waals surface area (Å²) in [4.78, 5) is 2.28. The Hall–Kier alpha value is -0.130. The van der Waals surface area contributed by atoms with E-state index in [4.69, 9.17) is 0 Å². The van der Waals surface area contributed by atoms with Gasteiger partial charge in [-0.15, -0.1) is 0 Å². The van der Waals surface area contributed by atoms with Gasteiger partial charge in [-0.3, -0.25) is 4.90 Å². The zero-order chi connectivity index (χ0) is 12.9. The van der Waals surface area contributed by atoms with E-state index in [-0.39, 0.29) is 5.75 Å². The minimum Gasteiger partial charge on any atom is -0.311 e. The van der Waals surface area contributed by atoms with E-state index in [0.717, 1.165) is 19.6 Å². The van der Waals surface area contributed by atoms with E-state index in [1.807, 2.05) is 0 Å². The molecule has 0 radical (unpaired) electrons. The van der Waals surface area contributed by atoms with Crippen molar-refractivity contribution in [3.05, 3.63) is 0 Å². The van der Waals surface area contributed by atoms with Gasteiger partial charge >= 0.3 is 0 Å². The summed E-state index contributed by atoms with van der Waals surface area (Å²) in [6.45, 7) is 9.78. The van der Waals surface area contributed by atoms with Crippen LogP contribution in [0.3, 0.4) is 0 Å². The van der Waals surface area contributed by atoms with Crippen LogP contribution in [-0.4, -0.2) is 57.0 Å². The van der Waals surface area contributed by atoms with E-state index in [0.29, 0.717) is 24.3 Å². The monoisotopic (exact) mass is 262 g/mol. The fourth-order valence-electron chi connectivity index (χ4n) is 2.12. The summed E-state index contributed by atoms with van der Waals surface area (Å²) < 4.78 is 22.9. The molecule has 1 aliphatic heterocycles. The maximum absolute atomic E-state index is 11.5. The fourth-order valence-corrected chi connectivity index (χ4v) is 2.95. The summed E-state index contributed by atoms with van der Waals surface area (Å²) >= 11 is 0. The number of piperazine rings is 1. The van der Waals surface area contributed by atoms with Crippen LogP contribution in [-0.2, 0) is 9.84 Å². The van der Waals surface area contributed by atoms with Crippen molar-refractivity contribution in [2.24, 2.45) is 5.92 Å². The topological polar surface area (TPSA) is 49.4 Å². The molecule has 1 fully saturated rings. The van der Waals surface area contributed by atoms with Gasteiger partial charge in [0, 0.05) is 38.0 Å². The van der Waals surface area contributed by atoms with Crippen LogP contribution >= 0.6 is 0 Å². The molecule has 0 aliphatic carbocycles. The Labute approximate surface area is 106 Å². The van der Waals surface area contributed by atoms with Crippen LogP contribution in [0.15, 0.2) is 0 Å². The highest BCUT2D eigenvalue weighted by Gasteiger charge is 2.23. The van der Waals surface area contributed by atoms with Crippen molar-refractivity contribution in [2.75, 3.05) is 37.7 Å². The van der Waals surface area contributed by atoms with Crippen LogP contribution in [0, 0.1) is 5.92 Å². The van der Waals surface area contributed by atoms with Crippen molar-refractivity contribution in [2.45, 2.75) is 33.2 Å². The summed E-state index contributed by atoms with van der Waals surface area (Å²) in [5.74, 6) is 1.21. The molecule has 0 saturated carbocycles. The van der Waals surface area contributed by atoms with Gasteiger partial charge in [0.25, 0.3) is 0 Å². The quantitative estimate of drug-likeness (QED) is 0.767. The van der Waals surface area contributed by atoms with Gasteiger partial charge in [-0.2, -0.15) is 0 Å². The Bertz CT molecular complexity index is 316. The Kier molecular flexibility index (Phi) is 5.89. The van der Waals surface area contributed by atoms with Crippen LogP contribution in [0.1, 0.15) is 27.2 Å². The molecule has 0 aromatic carbocycles. The Morgan fingerprint density at radius 2 is 2.12 bits per heavy atom. The molecule has 17 heavy (non-hydrogen) atoms. The molecular weight excluding hydrogens is 236 g/mol. The average molecular weight is 262 g/mol. The molecule has 1 N–H and O–H groups in total. The summed E-state index contributed by atoms with van der Waals surface area (Å²) in [7, 11) is -2.82. The zero-order valence-corrected chi connectivity index (χ0v) is 12.1. The third-order valence-corrected chi connectivity index (χ3v) is 5.46. The Balaban J connectivity index is 2.40. The second-order valence-electron chi connectivity index (χ2n) is 4.98. The molecular formula is C12H26N2O2S. The first-order chi connectivity index (χ1) is 7.98. The van der Waals surface area contributed by atoms with Gasteiger partial charge < -0.3 is 5.32 Å². The smallest absolute Gasteiger partial charge is 0.151 e. The highest BCUT2D eigenvalue weighted by molar-refractivity contribution is 7.91. The molecule has 1 rings (SSSR count). The molecule has 102 valence electrons. The summed E-state index contributed by atoms with van der Waals surface area (Å²) in [5, 5.41) is 3.52. The summed E-state index contributed by atoms with van der Waals surface area (Å²) in [6, 6.07) is 0.512. The normalized spacial score (nSPS) is 24.8. The molecule has 1 aliphatic rings. The van der Waals surface area contributed by atoms with Gasteiger partial charge in [-0.25, -0.2) is 8.42 Å². The first-order valence-electron chi connectivity index (χ1n) is 6.64. The lowest BCUT2D eigenvalue weighted by Crippen LogP contribution is -2.53. The molecule has 0 bridgehead atoms. The zero-order valence-electron chi connectivity index (χ0n) is 11.3. The first-order valence-corrected chi connectivity index (χ1v) is 8.46. The second kappa shape index (κ2) is 6.71. The Morgan fingerprint density at radius 1 is 1.41 bits per heavy atom. The highest BCUT2D eigenvalue weighted by Crippen LogP contribution is 2.12. The second-order valence-corrected chi connectivity index (χ2v) is 7.46. The maximum atomic E-state index is 11.5. The third kappa shape index (κ3) is 4.94. The fraction of sp³-hybridized carbons (Fsp3) is 1.00. The lowest BCUT2D eigenvalue weighted by atomic mass is 9.97. The van der Waals surface area contributed by atoms with Gasteiger partial charge in [0.1, 0.15) is 0 Å². The van der Waals surface area contributed by atoms with Gasteiger partial charge in [-0.1, -0.05) is 27.2 Å². The number of rotatable bonds is 6. The predicted octanol–water partition coefficient (Wildman–Crippen LogP) is 0.741. The van der Waals surface area contributed by atoms with Gasteiger partial charge in [0.05, 0.1) is 5.75 Å². The molecule has 0 spiro atoms. The number of sulfone groups is 1. The lowest BCUT2D eigenvalue weighted by molar-refractivity contribution is 0.176. The maximum Gasteiger partial charge on any atom is 0.151 e. The minimum absolute atomic E-state index is 0.258. The number of hydrogen-bond donors (Lipinski definition) is 1. The van der Waals surface area contributed by atoms with E-state index < -0.39 is 9.84 Å². The van der Waals surface area contributed by atoms with Gasteiger partial charge in [0.2, 0.25) is 0 Å². The standard InChI is InChI=1S/C12H26N2O2S/c1-4-11(3)12-10-14(7-6-13-12)8-9-17(15,16)5-2/h11-13H,4-10H2,1-3H3. The van der Waals surface area contributed by atoms with Crippen LogP contribution in [0.2, 0.25) is 0 Å². The van der Waals surface area contributed by atoms with E-state index in [2.05, 4.69) is 24.1 Å². The van der Waals surface area contributed by atoms with Crippen LogP contribution in [0.4, 0.5) is 0 Å². The number of hydrogen-bond acceptors (Lipinski definition) is 4. The molecule has 5 heteroatoms. The van der Waals surface area contributed by atoms with Gasteiger partial charge in [-0.05, 0) is 5.92 Å². The highest BCUT2D eigenvalue weighted by atomic mass is 32.2. The van der Waals surface area contributed by atoms with Crippen molar-refractivity contribution in [1.29, 1.82) is 0 Å². The molecule has 4 nitrogen and oxygen atoms in total. The van der Waals surface area contributed by atoms with Gasteiger partial charge in [0.15, 0.2) is 9.84 Å². The number of nitrogens with zero attached hydrogens (tertiary/aromatic N) is 1. The average Bonchev–Trinajstić information content (AvgIpc) is 2.36. The minimum atomic E-state index is -2.82. The first kappa shape index (κ1) is 14.9. The van der Waals surface area contributed by atoms with Crippen molar-refractivity contribution in [3.8, 4) is 0 Å². The summed E-state index contributed by atoms with van der Waals surface area (Å²) in [5.41, 5.74) is 0. The predicted molar refractivity (Wildman–Crippen MR) is 72.0 cm³/mol. The molecule has 2 unspecified atom stereocenters. The molecule has 0 aromatic rings. The SMILES string of the molecule is CCC(C)C1CN(CCS(=O)(=O)CC)CCN1. The van der Waals surface area contributed by atoms with E-state index in [1.54, 1.807) is 6.92 Å². The van der Waals surface area contributed by atoms with E-state index >= 15 is 0 Å². The van der Waals surface area contributed by atoms with Crippen LogP contribution in [0.5, 0.6) is 0 Å². The van der Waals surface area contributed by atoms with Crippen molar-refractivity contribution >= 4 is 9.84 Å². The molecule has 2 atom stereocenters. The summed E-state index contributed by atoms with van der Waals surface area (Å²) in [6.07, 6.45) is 1.17. The molecule has 0 aromatic heterocycles. The Morgan fingerprint density at radius 3 is 2.71 bits per heavy atom.